The molecule has 0 spiro atoms. The van der Waals surface area contributed by atoms with Crippen molar-refractivity contribution in [3.8, 4) is 0 Å². The normalized spacial score (nSPS) is 38.5. The van der Waals surface area contributed by atoms with E-state index in [0.717, 1.165) is 30.3 Å². The highest BCUT2D eigenvalue weighted by Gasteiger charge is 2.43. The zero-order chi connectivity index (χ0) is 13.3. The summed E-state index contributed by atoms with van der Waals surface area (Å²) in [6, 6.07) is 0.794. The summed E-state index contributed by atoms with van der Waals surface area (Å²) >= 11 is 0. The van der Waals surface area contributed by atoms with Crippen LogP contribution in [0.2, 0.25) is 0 Å². The molecular formula is C18H33N. The van der Waals surface area contributed by atoms with E-state index >= 15 is 0 Å². The van der Waals surface area contributed by atoms with E-state index in [1.807, 2.05) is 0 Å². The van der Waals surface area contributed by atoms with Crippen molar-refractivity contribution in [3.05, 3.63) is 0 Å². The van der Waals surface area contributed by atoms with Crippen LogP contribution in [0.25, 0.3) is 0 Å². The molecule has 0 amide bonds. The van der Waals surface area contributed by atoms with E-state index in [1.54, 1.807) is 25.7 Å². The number of hydrogen-bond donors (Lipinski definition) is 1. The highest BCUT2D eigenvalue weighted by atomic mass is 14.9. The molecule has 3 aliphatic carbocycles. The first-order valence-electron chi connectivity index (χ1n) is 8.94. The summed E-state index contributed by atoms with van der Waals surface area (Å²) < 4.78 is 0. The molecule has 0 aromatic carbocycles. The Morgan fingerprint density at radius 2 is 1.89 bits per heavy atom. The topological polar surface area (TPSA) is 12.0 Å². The first-order valence-corrected chi connectivity index (χ1v) is 8.94. The van der Waals surface area contributed by atoms with Crippen LogP contribution in [0, 0.1) is 23.2 Å². The van der Waals surface area contributed by atoms with E-state index < -0.39 is 0 Å². The number of rotatable bonds is 5. The van der Waals surface area contributed by atoms with Crippen LogP contribution in [0.3, 0.4) is 0 Å². The van der Waals surface area contributed by atoms with E-state index in [4.69, 9.17) is 0 Å². The maximum absolute atomic E-state index is 3.88. The fourth-order valence-corrected chi connectivity index (χ4v) is 5.54. The summed E-state index contributed by atoms with van der Waals surface area (Å²) in [4.78, 5) is 0. The summed E-state index contributed by atoms with van der Waals surface area (Å²) in [6.07, 6.45) is 15.0. The van der Waals surface area contributed by atoms with Gasteiger partial charge in [0.1, 0.15) is 0 Å². The molecule has 1 nitrogen and oxygen atoms in total. The van der Waals surface area contributed by atoms with Gasteiger partial charge >= 0.3 is 0 Å². The maximum atomic E-state index is 3.88. The predicted octanol–water partition coefficient (Wildman–Crippen LogP) is 4.76. The minimum absolute atomic E-state index is 0.593. The highest BCUT2D eigenvalue weighted by Crippen LogP contribution is 2.51. The Labute approximate surface area is 119 Å². The van der Waals surface area contributed by atoms with Gasteiger partial charge < -0.3 is 5.32 Å². The summed E-state index contributed by atoms with van der Waals surface area (Å²) in [5.41, 5.74) is 0.593. The van der Waals surface area contributed by atoms with E-state index in [-0.39, 0.29) is 0 Å². The fourth-order valence-electron chi connectivity index (χ4n) is 5.54. The van der Waals surface area contributed by atoms with E-state index in [0.29, 0.717) is 5.41 Å². The average Bonchev–Trinajstić information content (AvgIpc) is 3.01. The molecule has 110 valence electrons. The Kier molecular flexibility index (Phi) is 4.22. The summed E-state index contributed by atoms with van der Waals surface area (Å²) in [5.74, 6) is 3.26. The van der Waals surface area contributed by atoms with E-state index in [2.05, 4.69) is 19.2 Å². The Morgan fingerprint density at radius 3 is 2.47 bits per heavy atom. The molecule has 0 heterocycles. The van der Waals surface area contributed by atoms with Crippen molar-refractivity contribution in [2.24, 2.45) is 23.2 Å². The third kappa shape index (κ3) is 2.86. The standard InChI is InChI=1S/C18H33N/c1-3-19-17(18(2)9-5-4-6-10-18)13-16-12-14-7-8-15(16)11-14/h14-17,19H,3-13H2,1-2H3. The van der Waals surface area contributed by atoms with Gasteiger partial charge in [0.25, 0.3) is 0 Å². The SMILES string of the molecule is CCNC(CC1CC2CCC1C2)C1(C)CCCCC1. The molecule has 3 rings (SSSR count). The van der Waals surface area contributed by atoms with Crippen LogP contribution in [0.4, 0.5) is 0 Å². The third-order valence-corrected chi connectivity index (χ3v) is 6.71. The maximum Gasteiger partial charge on any atom is 0.0123 e. The molecule has 0 aromatic heterocycles. The second kappa shape index (κ2) is 5.76. The van der Waals surface area contributed by atoms with Gasteiger partial charge in [-0.15, -0.1) is 0 Å². The molecule has 3 saturated carbocycles. The first-order chi connectivity index (χ1) is 9.21. The molecule has 0 saturated heterocycles. The Morgan fingerprint density at radius 1 is 1.11 bits per heavy atom. The number of fused-ring (bicyclic) bond motifs is 2. The second-order valence-corrected chi connectivity index (χ2v) is 8.00. The second-order valence-electron chi connectivity index (χ2n) is 8.00. The molecule has 0 aromatic rings. The van der Waals surface area contributed by atoms with Crippen LogP contribution in [0.1, 0.15) is 78.1 Å². The molecule has 0 radical (unpaired) electrons. The Hall–Kier alpha value is -0.0400. The molecule has 4 unspecified atom stereocenters. The molecule has 0 aliphatic heterocycles. The smallest absolute Gasteiger partial charge is 0.0123 e. The first kappa shape index (κ1) is 13.9. The Bertz CT molecular complexity index is 292. The van der Waals surface area contributed by atoms with Crippen molar-refractivity contribution in [3.63, 3.8) is 0 Å². The lowest BCUT2D eigenvalue weighted by atomic mass is 9.67. The van der Waals surface area contributed by atoms with Gasteiger partial charge in [-0.2, -0.15) is 0 Å². The van der Waals surface area contributed by atoms with Gasteiger partial charge in [-0.1, -0.05) is 39.5 Å². The van der Waals surface area contributed by atoms with Gasteiger partial charge in [0.15, 0.2) is 0 Å². The van der Waals surface area contributed by atoms with Crippen LogP contribution in [0.5, 0.6) is 0 Å². The fraction of sp³-hybridized carbons (Fsp3) is 1.00. The van der Waals surface area contributed by atoms with Crippen LogP contribution < -0.4 is 5.32 Å². The van der Waals surface area contributed by atoms with Crippen LogP contribution in [-0.4, -0.2) is 12.6 Å². The van der Waals surface area contributed by atoms with Gasteiger partial charge in [-0.25, -0.2) is 0 Å². The average molecular weight is 263 g/mol. The molecule has 1 heteroatoms. The van der Waals surface area contributed by atoms with Crippen molar-refractivity contribution < 1.29 is 0 Å². The quantitative estimate of drug-likeness (QED) is 0.754. The van der Waals surface area contributed by atoms with Crippen molar-refractivity contribution >= 4 is 0 Å². The molecule has 3 fully saturated rings. The van der Waals surface area contributed by atoms with Gasteiger partial charge in [-0.05, 0) is 68.2 Å². The molecule has 2 bridgehead atoms. The van der Waals surface area contributed by atoms with Crippen molar-refractivity contribution in [2.75, 3.05) is 6.54 Å². The molecule has 3 aliphatic rings. The van der Waals surface area contributed by atoms with Crippen LogP contribution in [0.15, 0.2) is 0 Å². The zero-order valence-electron chi connectivity index (χ0n) is 13.1. The van der Waals surface area contributed by atoms with Crippen molar-refractivity contribution in [2.45, 2.75) is 84.1 Å². The highest BCUT2D eigenvalue weighted by molar-refractivity contribution is 4.96. The van der Waals surface area contributed by atoms with Gasteiger partial charge in [0, 0.05) is 6.04 Å². The lowest BCUT2D eigenvalue weighted by molar-refractivity contribution is 0.115. The lowest BCUT2D eigenvalue weighted by Crippen LogP contribution is -2.46. The molecule has 1 N–H and O–H groups in total. The van der Waals surface area contributed by atoms with Gasteiger partial charge in [-0.3, -0.25) is 0 Å². The van der Waals surface area contributed by atoms with E-state index in [9.17, 15) is 0 Å². The van der Waals surface area contributed by atoms with Crippen LogP contribution >= 0.6 is 0 Å². The molecule has 4 atom stereocenters. The van der Waals surface area contributed by atoms with Gasteiger partial charge in [0.2, 0.25) is 0 Å². The number of nitrogens with one attached hydrogen (secondary N) is 1. The van der Waals surface area contributed by atoms with Gasteiger partial charge in [0.05, 0.1) is 0 Å². The van der Waals surface area contributed by atoms with Crippen LogP contribution in [-0.2, 0) is 0 Å². The molecular weight excluding hydrogens is 230 g/mol. The minimum Gasteiger partial charge on any atom is -0.314 e. The van der Waals surface area contributed by atoms with Crippen molar-refractivity contribution in [1.82, 2.24) is 5.32 Å². The largest absolute Gasteiger partial charge is 0.314 e. The number of hydrogen-bond acceptors (Lipinski definition) is 1. The monoisotopic (exact) mass is 263 g/mol. The summed E-state index contributed by atoms with van der Waals surface area (Å²) in [5, 5.41) is 3.88. The van der Waals surface area contributed by atoms with E-state index in [1.165, 1.54) is 38.5 Å². The minimum atomic E-state index is 0.593. The summed E-state index contributed by atoms with van der Waals surface area (Å²) in [6.45, 7) is 6.02. The molecule has 19 heavy (non-hydrogen) atoms. The van der Waals surface area contributed by atoms with Crippen molar-refractivity contribution in [1.29, 1.82) is 0 Å². The lowest BCUT2D eigenvalue weighted by Gasteiger charge is -2.43. The summed E-state index contributed by atoms with van der Waals surface area (Å²) in [7, 11) is 0. The third-order valence-electron chi connectivity index (χ3n) is 6.71. The Balaban J connectivity index is 1.63. The zero-order valence-corrected chi connectivity index (χ0v) is 13.1. The predicted molar refractivity (Wildman–Crippen MR) is 82.2 cm³/mol.